The van der Waals surface area contributed by atoms with Crippen LogP contribution in [0.1, 0.15) is 32.8 Å². The van der Waals surface area contributed by atoms with E-state index < -0.39 is 0 Å². The van der Waals surface area contributed by atoms with Crippen LogP contribution >= 0.6 is 0 Å². The lowest BCUT2D eigenvalue weighted by Crippen LogP contribution is -2.09. The van der Waals surface area contributed by atoms with Crippen LogP contribution in [0.4, 0.5) is 5.82 Å². The quantitative estimate of drug-likeness (QED) is 0.851. The smallest absolute Gasteiger partial charge is 0.132 e. The van der Waals surface area contributed by atoms with Gasteiger partial charge in [-0.1, -0.05) is 25.1 Å². The van der Waals surface area contributed by atoms with Gasteiger partial charge in [0.1, 0.15) is 5.82 Å². The van der Waals surface area contributed by atoms with E-state index in [1.807, 2.05) is 18.2 Å². The number of fused-ring (bicyclic) bond motifs is 1. The number of aromatic nitrogens is 1. The van der Waals surface area contributed by atoms with Crippen LogP contribution < -0.4 is 5.32 Å². The molecular formula is C16H22N2O. The number of hydrogen-bond donors (Lipinski definition) is 1. The Morgan fingerprint density at radius 3 is 2.79 bits per heavy atom. The first-order chi connectivity index (χ1) is 9.24. The van der Waals surface area contributed by atoms with E-state index in [2.05, 4.69) is 43.2 Å². The Balaban J connectivity index is 2.30. The van der Waals surface area contributed by atoms with Crippen molar-refractivity contribution in [2.45, 2.75) is 39.9 Å². The first-order valence-corrected chi connectivity index (χ1v) is 6.98. The standard InChI is InChI=1S/C16H22N2O/c1-4-12(3)19-11-14-10-13-8-6-7-9-15(13)18-16(14)17-5-2/h6-10,12H,4-5,11H2,1-3H3,(H,17,18). The van der Waals surface area contributed by atoms with Crippen molar-refractivity contribution in [2.75, 3.05) is 11.9 Å². The Labute approximate surface area is 115 Å². The second-order valence-electron chi connectivity index (χ2n) is 4.75. The summed E-state index contributed by atoms with van der Waals surface area (Å²) in [5.74, 6) is 0.935. The number of hydrogen-bond acceptors (Lipinski definition) is 3. The number of pyridine rings is 1. The Morgan fingerprint density at radius 1 is 1.26 bits per heavy atom. The summed E-state index contributed by atoms with van der Waals surface area (Å²) >= 11 is 0. The maximum absolute atomic E-state index is 5.83. The molecule has 1 aromatic heterocycles. The van der Waals surface area contributed by atoms with Gasteiger partial charge in [0.15, 0.2) is 0 Å². The Bertz CT molecular complexity index is 539. The number of rotatable bonds is 6. The van der Waals surface area contributed by atoms with E-state index >= 15 is 0 Å². The first-order valence-electron chi connectivity index (χ1n) is 6.98. The van der Waals surface area contributed by atoms with Gasteiger partial charge in [0.05, 0.1) is 18.2 Å². The highest BCUT2D eigenvalue weighted by Gasteiger charge is 2.08. The highest BCUT2D eigenvalue weighted by atomic mass is 16.5. The number of benzene rings is 1. The van der Waals surface area contributed by atoms with Gasteiger partial charge in [0.2, 0.25) is 0 Å². The van der Waals surface area contributed by atoms with E-state index in [1.54, 1.807) is 0 Å². The van der Waals surface area contributed by atoms with Crippen molar-refractivity contribution >= 4 is 16.7 Å². The molecule has 1 heterocycles. The summed E-state index contributed by atoms with van der Waals surface area (Å²) in [5.41, 5.74) is 2.14. The molecule has 1 atom stereocenters. The summed E-state index contributed by atoms with van der Waals surface area (Å²) in [5, 5.41) is 4.48. The zero-order chi connectivity index (χ0) is 13.7. The van der Waals surface area contributed by atoms with Crippen LogP contribution in [-0.4, -0.2) is 17.6 Å². The minimum Gasteiger partial charge on any atom is -0.374 e. The lowest BCUT2D eigenvalue weighted by atomic mass is 10.1. The van der Waals surface area contributed by atoms with Crippen LogP contribution in [0.15, 0.2) is 30.3 Å². The number of nitrogens with one attached hydrogen (secondary N) is 1. The molecule has 0 amide bonds. The highest BCUT2D eigenvalue weighted by Crippen LogP contribution is 2.21. The second kappa shape index (κ2) is 6.53. The average molecular weight is 258 g/mol. The first kappa shape index (κ1) is 13.8. The van der Waals surface area contributed by atoms with Gasteiger partial charge in [-0.15, -0.1) is 0 Å². The minimum absolute atomic E-state index is 0.279. The summed E-state index contributed by atoms with van der Waals surface area (Å²) in [6.07, 6.45) is 1.30. The molecule has 0 saturated carbocycles. The lowest BCUT2D eigenvalue weighted by Gasteiger charge is -2.14. The number of nitrogens with zero attached hydrogens (tertiary/aromatic N) is 1. The maximum Gasteiger partial charge on any atom is 0.132 e. The van der Waals surface area contributed by atoms with Crippen molar-refractivity contribution in [3.63, 3.8) is 0 Å². The third-order valence-corrected chi connectivity index (χ3v) is 3.25. The summed E-state index contributed by atoms with van der Waals surface area (Å²) < 4.78 is 5.83. The molecule has 19 heavy (non-hydrogen) atoms. The molecule has 2 aromatic rings. The molecule has 3 nitrogen and oxygen atoms in total. The fourth-order valence-corrected chi connectivity index (χ4v) is 1.94. The van der Waals surface area contributed by atoms with Crippen LogP contribution in [0.5, 0.6) is 0 Å². The summed E-state index contributed by atoms with van der Waals surface area (Å²) in [4.78, 5) is 4.68. The maximum atomic E-state index is 5.83. The predicted molar refractivity (Wildman–Crippen MR) is 80.4 cm³/mol. The highest BCUT2D eigenvalue weighted by molar-refractivity contribution is 5.81. The monoisotopic (exact) mass is 258 g/mol. The lowest BCUT2D eigenvalue weighted by molar-refractivity contribution is 0.0511. The number of anilines is 1. The van der Waals surface area contributed by atoms with Gasteiger partial charge in [0.25, 0.3) is 0 Å². The topological polar surface area (TPSA) is 34.2 Å². The molecular weight excluding hydrogens is 236 g/mol. The van der Waals surface area contributed by atoms with Gasteiger partial charge in [-0.2, -0.15) is 0 Å². The summed E-state index contributed by atoms with van der Waals surface area (Å²) in [6.45, 7) is 7.78. The van der Waals surface area contributed by atoms with E-state index in [-0.39, 0.29) is 6.10 Å². The molecule has 0 saturated heterocycles. The second-order valence-corrected chi connectivity index (χ2v) is 4.75. The fraction of sp³-hybridized carbons (Fsp3) is 0.438. The van der Waals surface area contributed by atoms with Crippen molar-refractivity contribution in [2.24, 2.45) is 0 Å². The molecule has 102 valence electrons. The zero-order valence-electron chi connectivity index (χ0n) is 11.9. The molecule has 1 unspecified atom stereocenters. The molecule has 0 aliphatic heterocycles. The summed E-state index contributed by atoms with van der Waals surface area (Å²) in [6, 6.07) is 10.3. The zero-order valence-corrected chi connectivity index (χ0v) is 11.9. The van der Waals surface area contributed by atoms with Crippen LogP contribution in [0.2, 0.25) is 0 Å². The van der Waals surface area contributed by atoms with E-state index in [0.717, 1.165) is 35.2 Å². The molecule has 0 spiro atoms. The van der Waals surface area contributed by atoms with Gasteiger partial charge in [-0.3, -0.25) is 0 Å². The van der Waals surface area contributed by atoms with Crippen LogP contribution in [0.3, 0.4) is 0 Å². The summed E-state index contributed by atoms with van der Waals surface area (Å²) in [7, 11) is 0. The van der Waals surface area contributed by atoms with Crippen molar-refractivity contribution in [3.05, 3.63) is 35.9 Å². The average Bonchev–Trinajstić information content (AvgIpc) is 2.45. The van der Waals surface area contributed by atoms with Crippen molar-refractivity contribution < 1.29 is 4.74 Å². The van der Waals surface area contributed by atoms with E-state index in [0.29, 0.717) is 6.61 Å². The molecule has 0 radical (unpaired) electrons. The minimum atomic E-state index is 0.279. The molecule has 2 rings (SSSR count). The molecule has 3 heteroatoms. The van der Waals surface area contributed by atoms with Crippen LogP contribution in [0, 0.1) is 0 Å². The molecule has 0 aliphatic rings. The molecule has 0 bridgehead atoms. The largest absolute Gasteiger partial charge is 0.374 e. The number of ether oxygens (including phenoxy) is 1. The number of para-hydroxylation sites is 1. The predicted octanol–water partition coefficient (Wildman–Crippen LogP) is 3.98. The third kappa shape index (κ3) is 3.44. The Morgan fingerprint density at radius 2 is 2.05 bits per heavy atom. The van der Waals surface area contributed by atoms with Crippen molar-refractivity contribution in [1.29, 1.82) is 0 Å². The molecule has 0 fully saturated rings. The molecule has 1 N–H and O–H groups in total. The molecule has 1 aromatic carbocycles. The fourth-order valence-electron chi connectivity index (χ4n) is 1.94. The third-order valence-electron chi connectivity index (χ3n) is 3.25. The van der Waals surface area contributed by atoms with E-state index in [1.165, 1.54) is 0 Å². The van der Waals surface area contributed by atoms with Crippen LogP contribution in [0.25, 0.3) is 10.9 Å². The van der Waals surface area contributed by atoms with Crippen molar-refractivity contribution in [3.8, 4) is 0 Å². The van der Waals surface area contributed by atoms with E-state index in [9.17, 15) is 0 Å². The Hall–Kier alpha value is -1.61. The van der Waals surface area contributed by atoms with Gasteiger partial charge in [-0.05, 0) is 32.4 Å². The van der Waals surface area contributed by atoms with Gasteiger partial charge in [-0.25, -0.2) is 4.98 Å². The van der Waals surface area contributed by atoms with E-state index in [4.69, 9.17) is 4.74 Å². The van der Waals surface area contributed by atoms with Crippen LogP contribution in [-0.2, 0) is 11.3 Å². The van der Waals surface area contributed by atoms with Crippen molar-refractivity contribution in [1.82, 2.24) is 4.98 Å². The Kier molecular flexibility index (Phi) is 4.74. The van der Waals surface area contributed by atoms with Gasteiger partial charge < -0.3 is 10.1 Å². The molecule has 0 aliphatic carbocycles. The van der Waals surface area contributed by atoms with Gasteiger partial charge >= 0.3 is 0 Å². The normalized spacial score (nSPS) is 12.6. The van der Waals surface area contributed by atoms with Gasteiger partial charge in [0, 0.05) is 17.5 Å². The SMILES string of the molecule is CCNc1nc2ccccc2cc1COC(C)CC.